The average Bonchev–Trinajstić information content (AvgIpc) is 3.47. The van der Waals surface area contributed by atoms with E-state index in [9.17, 15) is 4.79 Å². The zero-order chi connectivity index (χ0) is 20.8. The first-order valence-corrected chi connectivity index (χ1v) is 11.2. The minimum Gasteiger partial charge on any atom is -0.497 e. The number of aromatic nitrogens is 3. The molecule has 0 saturated heterocycles. The van der Waals surface area contributed by atoms with Crippen molar-refractivity contribution in [3.63, 3.8) is 0 Å². The quantitative estimate of drug-likeness (QED) is 0.414. The number of thiophene rings is 1. The van der Waals surface area contributed by atoms with E-state index in [1.807, 2.05) is 76.7 Å². The number of carbonyl (C=O) groups excluding carboxylic acids is 1. The molecule has 2 heterocycles. The third-order valence-electron chi connectivity index (χ3n) is 4.37. The molecule has 0 unspecified atom stereocenters. The van der Waals surface area contributed by atoms with Crippen molar-refractivity contribution in [2.75, 3.05) is 12.9 Å². The van der Waals surface area contributed by atoms with E-state index in [1.54, 1.807) is 18.4 Å². The number of thioether (sulfide) groups is 1. The number of para-hydroxylation sites is 1. The molecule has 4 aromatic rings. The van der Waals surface area contributed by atoms with Gasteiger partial charge in [0.05, 0.1) is 19.4 Å². The molecule has 4 rings (SSSR count). The molecule has 0 spiro atoms. The van der Waals surface area contributed by atoms with Crippen LogP contribution in [0.5, 0.6) is 5.75 Å². The zero-order valence-corrected chi connectivity index (χ0v) is 18.0. The summed E-state index contributed by atoms with van der Waals surface area (Å²) >= 11 is 2.99. The van der Waals surface area contributed by atoms with Gasteiger partial charge in [-0.15, -0.1) is 21.5 Å². The molecule has 0 atom stereocenters. The number of hydrogen-bond donors (Lipinski definition) is 1. The molecule has 0 aliphatic heterocycles. The fourth-order valence-corrected chi connectivity index (χ4v) is 4.31. The Morgan fingerprint density at radius 1 is 1.07 bits per heavy atom. The van der Waals surface area contributed by atoms with Gasteiger partial charge < -0.3 is 10.1 Å². The monoisotopic (exact) mass is 436 g/mol. The highest BCUT2D eigenvalue weighted by atomic mass is 32.2. The van der Waals surface area contributed by atoms with E-state index < -0.39 is 0 Å². The molecule has 2 aromatic heterocycles. The molecule has 30 heavy (non-hydrogen) atoms. The summed E-state index contributed by atoms with van der Waals surface area (Å²) in [6, 6.07) is 21.6. The lowest BCUT2D eigenvalue weighted by Gasteiger charge is -2.10. The summed E-state index contributed by atoms with van der Waals surface area (Å²) < 4.78 is 7.22. The van der Waals surface area contributed by atoms with Gasteiger partial charge in [-0.3, -0.25) is 9.36 Å². The number of carbonyl (C=O) groups is 1. The van der Waals surface area contributed by atoms with Gasteiger partial charge in [0.2, 0.25) is 5.91 Å². The number of benzene rings is 2. The lowest BCUT2D eigenvalue weighted by Crippen LogP contribution is -2.24. The molecule has 0 saturated carbocycles. The summed E-state index contributed by atoms with van der Waals surface area (Å²) in [5, 5.41) is 14.4. The fourth-order valence-electron chi connectivity index (χ4n) is 2.88. The minimum atomic E-state index is -0.0398. The molecule has 8 heteroatoms. The van der Waals surface area contributed by atoms with Crippen LogP contribution in [0, 0.1) is 0 Å². The topological polar surface area (TPSA) is 69.0 Å². The lowest BCUT2D eigenvalue weighted by atomic mass is 10.2. The highest BCUT2D eigenvalue weighted by Gasteiger charge is 2.17. The first kappa shape index (κ1) is 20.2. The first-order chi connectivity index (χ1) is 14.7. The van der Waals surface area contributed by atoms with E-state index in [-0.39, 0.29) is 11.7 Å². The van der Waals surface area contributed by atoms with Crippen LogP contribution in [-0.4, -0.2) is 33.5 Å². The maximum absolute atomic E-state index is 12.3. The summed E-state index contributed by atoms with van der Waals surface area (Å²) in [4.78, 5) is 13.4. The largest absolute Gasteiger partial charge is 0.497 e. The number of nitrogens with zero attached hydrogens (tertiary/aromatic N) is 3. The van der Waals surface area contributed by atoms with E-state index in [1.165, 1.54) is 11.8 Å². The second-order valence-electron chi connectivity index (χ2n) is 6.35. The number of ether oxygens (including phenoxy) is 1. The SMILES string of the molecule is COc1ccc(-c2nnc(SCC(=O)NCc3cccs3)n2-c2ccccc2)cc1. The third kappa shape index (κ3) is 4.72. The van der Waals surface area contributed by atoms with Crippen LogP contribution in [0.3, 0.4) is 0 Å². The summed E-state index contributed by atoms with van der Waals surface area (Å²) in [6.07, 6.45) is 0. The van der Waals surface area contributed by atoms with Crippen molar-refractivity contribution in [1.82, 2.24) is 20.1 Å². The Bertz CT molecular complexity index is 1090. The Hall–Kier alpha value is -3.10. The van der Waals surface area contributed by atoms with Crippen molar-refractivity contribution in [2.24, 2.45) is 0 Å². The van der Waals surface area contributed by atoms with Gasteiger partial charge in [-0.1, -0.05) is 36.0 Å². The summed E-state index contributed by atoms with van der Waals surface area (Å²) in [5.74, 6) is 1.72. The van der Waals surface area contributed by atoms with E-state index in [0.717, 1.165) is 21.9 Å². The van der Waals surface area contributed by atoms with E-state index >= 15 is 0 Å². The molecule has 0 bridgehead atoms. The summed E-state index contributed by atoms with van der Waals surface area (Å²) in [7, 11) is 1.64. The number of methoxy groups -OCH3 is 1. The van der Waals surface area contributed by atoms with Crippen LogP contribution >= 0.6 is 23.1 Å². The smallest absolute Gasteiger partial charge is 0.230 e. The van der Waals surface area contributed by atoms with Gasteiger partial charge in [-0.05, 0) is 47.8 Å². The van der Waals surface area contributed by atoms with Crippen molar-refractivity contribution in [3.05, 3.63) is 77.0 Å². The van der Waals surface area contributed by atoms with Gasteiger partial charge in [-0.25, -0.2) is 0 Å². The predicted molar refractivity (Wildman–Crippen MR) is 120 cm³/mol. The Kier molecular flexibility index (Phi) is 6.46. The van der Waals surface area contributed by atoms with Crippen molar-refractivity contribution in [1.29, 1.82) is 0 Å². The molecule has 0 fully saturated rings. The predicted octanol–water partition coefficient (Wildman–Crippen LogP) is 4.41. The highest BCUT2D eigenvalue weighted by Crippen LogP contribution is 2.28. The summed E-state index contributed by atoms with van der Waals surface area (Å²) in [5.41, 5.74) is 1.86. The van der Waals surface area contributed by atoms with E-state index in [4.69, 9.17) is 4.74 Å². The lowest BCUT2D eigenvalue weighted by molar-refractivity contribution is -0.118. The molecule has 6 nitrogen and oxygen atoms in total. The van der Waals surface area contributed by atoms with Crippen LogP contribution in [0.15, 0.2) is 77.3 Å². The molecule has 2 aromatic carbocycles. The number of rotatable bonds is 8. The maximum atomic E-state index is 12.3. The summed E-state index contributed by atoms with van der Waals surface area (Å²) in [6.45, 7) is 0.541. The van der Waals surface area contributed by atoms with E-state index in [0.29, 0.717) is 17.5 Å². The van der Waals surface area contributed by atoms with Crippen LogP contribution in [0.25, 0.3) is 17.1 Å². The van der Waals surface area contributed by atoms with Gasteiger partial charge in [0.25, 0.3) is 0 Å². The molecule has 0 aliphatic carbocycles. The minimum absolute atomic E-state index is 0.0398. The fraction of sp³-hybridized carbons (Fsp3) is 0.136. The molecule has 1 N–H and O–H groups in total. The Morgan fingerprint density at radius 3 is 2.57 bits per heavy atom. The van der Waals surface area contributed by atoms with Gasteiger partial charge in [0.15, 0.2) is 11.0 Å². The Balaban J connectivity index is 1.55. The average molecular weight is 437 g/mol. The van der Waals surface area contributed by atoms with Crippen molar-refractivity contribution >= 4 is 29.0 Å². The molecular weight excluding hydrogens is 416 g/mol. The second-order valence-corrected chi connectivity index (χ2v) is 8.33. The van der Waals surface area contributed by atoms with Gasteiger partial charge in [-0.2, -0.15) is 0 Å². The second kappa shape index (κ2) is 9.60. The molecule has 0 radical (unpaired) electrons. The van der Waals surface area contributed by atoms with Gasteiger partial charge in [0, 0.05) is 16.1 Å². The van der Waals surface area contributed by atoms with Crippen LogP contribution in [0.4, 0.5) is 0 Å². The van der Waals surface area contributed by atoms with Gasteiger partial charge in [0.1, 0.15) is 5.75 Å². The van der Waals surface area contributed by atoms with Crippen LogP contribution in [0.1, 0.15) is 4.88 Å². The van der Waals surface area contributed by atoms with Crippen molar-refractivity contribution < 1.29 is 9.53 Å². The Labute approximate surface area is 182 Å². The Morgan fingerprint density at radius 2 is 1.87 bits per heavy atom. The van der Waals surface area contributed by atoms with Crippen LogP contribution in [-0.2, 0) is 11.3 Å². The maximum Gasteiger partial charge on any atom is 0.230 e. The van der Waals surface area contributed by atoms with Crippen LogP contribution in [0.2, 0.25) is 0 Å². The molecular formula is C22H20N4O2S2. The molecule has 152 valence electrons. The van der Waals surface area contributed by atoms with Crippen molar-refractivity contribution in [2.45, 2.75) is 11.7 Å². The van der Waals surface area contributed by atoms with Crippen molar-refractivity contribution in [3.8, 4) is 22.8 Å². The molecule has 1 amide bonds. The van der Waals surface area contributed by atoms with E-state index in [2.05, 4.69) is 15.5 Å². The number of amides is 1. The normalized spacial score (nSPS) is 10.7. The number of nitrogens with one attached hydrogen (secondary N) is 1. The first-order valence-electron chi connectivity index (χ1n) is 9.32. The number of hydrogen-bond acceptors (Lipinski definition) is 6. The third-order valence-corrected chi connectivity index (χ3v) is 6.17. The van der Waals surface area contributed by atoms with Crippen LogP contribution < -0.4 is 10.1 Å². The zero-order valence-electron chi connectivity index (χ0n) is 16.3. The van der Waals surface area contributed by atoms with Gasteiger partial charge >= 0.3 is 0 Å². The standard InChI is InChI=1S/C22H20N4O2S2/c1-28-18-11-9-16(10-12-18)21-24-25-22(26(21)17-6-3-2-4-7-17)30-15-20(27)23-14-19-8-5-13-29-19/h2-13H,14-15H2,1H3,(H,23,27). The highest BCUT2D eigenvalue weighted by molar-refractivity contribution is 7.99. The molecule has 0 aliphatic rings.